The van der Waals surface area contributed by atoms with Crippen LogP contribution in [0, 0.1) is 17.6 Å². The van der Waals surface area contributed by atoms with Gasteiger partial charge in [0.1, 0.15) is 24.0 Å². The van der Waals surface area contributed by atoms with Crippen LogP contribution in [0.15, 0.2) is 72.9 Å². The highest BCUT2D eigenvalue weighted by Gasteiger charge is 2.31. The molecule has 2 aromatic carbocycles. The van der Waals surface area contributed by atoms with E-state index in [-0.39, 0.29) is 29.5 Å². The molecule has 5 rings (SSSR count). The number of benzene rings is 2. The summed E-state index contributed by atoms with van der Waals surface area (Å²) in [5, 5.41) is 9.25. The Kier molecular flexibility index (Phi) is 8.23. The second-order valence-electron chi connectivity index (χ2n) is 9.66. The lowest BCUT2D eigenvalue weighted by Gasteiger charge is -2.31. The third-order valence-electron chi connectivity index (χ3n) is 6.78. The van der Waals surface area contributed by atoms with E-state index in [2.05, 4.69) is 9.97 Å². The van der Waals surface area contributed by atoms with Gasteiger partial charge in [-0.2, -0.15) is 13.2 Å². The summed E-state index contributed by atoms with van der Waals surface area (Å²) < 4.78 is 78.6. The molecule has 1 fully saturated rings. The fraction of sp³-hybridized carbons (Fsp3) is 0.233. The molecule has 0 bridgehead atoms. The molecule has 0 amide bonds. The minimum atomic E-state index is -4.50. The van der Waals surface area contributed by atoms with Gasteiger partial charge in [-0.25, -0.2) is 18.7 Å². The molecule has 7 nitrogen and oxygen atoms in total. The van der Waals surface area contributed by atoms with Crippen LogP contribution in [0.3, 0.4) is 0 Å². The van der Waals surface area contributed by atoms with Crippen LogP contribution in [0.1, 0.15) is 24.0 Å². The lowest BCUT2D eigenvalue weighted by molar-refractivity contribution is -0.142. The summed E-state index contributed by atoms with van der Waals surface area (Å²) >= 11 is 0. The number of carboxylic acid groups (broad SMARTS) is 1. The van der Waals surface area contributed by atoms with E-state index in [9.17, 15) is 31.9 Å². The summed E-state index contributed by atoms with van der Waals surface area (Å²) in [6.45, 7) is 0.891. The number of aromatic nitrogens is 2. The SMILES string of the molecule is O=C(O)C1CCN(c2cccc(-c3cc(F)cc(F)c3OCc3ccc(Oc4ccc(C(F)(F)F)cn4)cc3)n2)CC1. The normalized spacial score (nSPS) is 14.1. The lowest BCUT2D eigenvalue weighted by Crippen LogP contribution is -2.36. The summed E-state index contributed by atoms with van der Waals surface area (Å²) in [4.78, 5) is 21.5. The lowest BCUT2D eigenvalue weighted by atomic mass is 9.97. The van der Waals surface area contributed by atoms with Crippen molar-refractivity contribution in [2.24, 2.45) is 5.92 Å². The van der Waals surface area contributed by atoms with E-state index in [4.69, 9.17) is 9.47 Å². The Morgan fingerprint density at radius 3 is 2.38 bits per heavy atom. The summed E-state index contributed by atoms with van der Waals surface area (Å²) in [7, 11) is 0. The van der Waals surface area contributed by atoms with Crippen molar-refractivity contribution >= 4 is 11.8 Å². The van der Waals surface area contributed by atoms with Crippen molar-refractivity contribution in [3.63, 3.8) is 0 Å². The Morgan fingerprint density at radius 2 is 1.74 bits per heavy atom. The van der Waals surface area contributed by atoms with Gasteiger partial charge in [0, 0.05) is 37.0 Å². The van der Waals surface area contributed by atoms with Gasteiger partial charge in [0.05, 0.1) is 17.2 Å². The van der Waals surface area contributed by atoms with Crippen LogP contribution in [0.5, 0.6) is 17.4 Å². The number of rotatable bonds is 8. The molecule has 12 heteroatoms. The number of piperidine rings is 1. The van der Waals surface area contributed by atoms with Gasteiger partial charge in [-0.05, 0) is 54.8 Å². The largest absolute Gasteiger partial charge is 0.485 e. The molecule has 0 aliphatic carbocycles. The van der Waals surface area contributed by atoms with Crippen molar-refractivity contribution < 1.29 is 41.3 Å². The summed E-state index contributed by atoms with van der Waals surface area (Å²) in [6.07, 6.45) is -2.89. The first-order valence-corrected chi connectivity index (χ1v) is 12.9. The molecule has 0 radical (unpaired) electrons. The van der Waals surface area contributed by atoms with Gasteiger partial charge in [0.2, 0.25) is 5.88 Å². The van der Waals surface area contributed by atoms with E-state index < -0.39 is 35.3 Å². The number of carboxylic acids is 1. The number of nitrogens with zero attached hydrogens (tertiary/aromatic N) is 3. The molecule has 0 unspecified atom stereocenters. The number of aliphatic carboxylic acids is 1. The monoisotopic (exact) mass is 585 g/mol. The van der Waals surface area contributed by atoms with Crippen molar-refractivity contribution in [3.05, 3.63) is 95.7 Å². The highest BCUT2D eigenvalue weighted by Crippen LogP contribution is 2.35. The maximum absolute atomic E-state index is 14.9. The van der Waals surface area contributed by atoms with Crippen molar-refractivity contribution in [2.75, 3.05) is 18.0 Å². The summed E-state index contributed by atoms with van der Waals surface area (Å²) in [5.74, 6) is -2.30. The first-order chi connectivity index (χ1) is 20.1. The van der Waals surface area contributed by atoms with Crippen LogP contribution in [0.25, 0.3) is 11.3 Å². The minimum Gasteiger partial charge on any atom is -0.485 e. The number of hydrogen-bond donors (Lipinski definition) is 1. The molecule has 1 aliphatic heterocycles. The molecule has 1 saturated heterocycles. The zero-order valence-corrected chi connectivity index (χ0v) is 21.9. The van der Waals surface area contributed by atoms with E-state index >= 15 is 0 Å². The number of anilines is 1. The quantitative estimate of drug-likeness (QED) is 0.221. The molecule has 1 aliphatic rings. The average molecular weight is 586 g/mol. The number of halogens is 5. The standard InChI is InChI=1S/C30H24F5N3O4/c31-21-14-23(25-2-1-3-26(37-25)38-12-10-19(11-13-38)29(39)40)28(24(32)15-21)41-17-18-4-7-22(8-5-18)42-27-9-6-20(16-36-27)30(33,34)35/h1-9,14-16,19H,10-13,17H2,(H,39,40). The molecule has 0 spiro atoms. The Bertz CT molecular complexity index is 1560. The maximum Gasteiger partial charge on any atom is 0.417 e. The minimum absolute atomic E-state index is 0.0222. The fourth-order valence-corrected chi connectivity index (χ4v) is 4.54. The van der Waals surface area contributed by atoms with Crippen LogP contribution < -0.4 is 14.4 Å². The molecule has 2 aromatic heterocycles. The Labute approximate surface area is 237 Å². The maximum atomic E-state index is 14.9. The first kappa shape index (κ1) is 28.8. The van der Waals surface area contributed by atoms with Crippen LogP contribution in [0.4, 0.5) is 27.8 Å². The Hall–Kier alpha value is -4.74. The van der Waals surface area contributed by atoms with Gasteiger partial charge in [0.25, 0.3) is 0 Å². The topological polar surface area (TPSA) is 84.8 Å². The number of carbonyl (C=O) groups is 1. The number of hydrogen-bond acceptors (Lipinski definition) is 6. The molecule has 42 heavy (non-hydrogen) atoms. The Morgan fingerprint density at radius 1 is 1.00 bits per heavy atom. The zero-order chi connectivity index (χ0) is 29.9. The first-order valence-electron chi connectivity index (χ1n) is 12.9. The van der Waals surface area contributed by atoms with E-state index in [1.165, 1.54) is 0 Å². The van der Waals surface area contributed by atoms with Gasteiger partial charge in [-0.1, -0.05) is 18.2 Å². The fourth-order valence-electron chi connectivity index (χ4n) is 4.54. The van der Waals surface area contributed by atoms with Gasteiger partial charge in [-0.3, -0.25) is 4.79 Å². The second kappa shape index (κ2) is 12.0. The van der Waals surface area contributed by atoms with Crippen LogP contribution >= 0.6 is 0 Å². The smallest absolute Gasteiger partial charge is 0.417 e. The van der Waals surface area contributed by atoms with Crippen molar-refractivity contribution in [2.45, 2.75) is 25.6 Å². The third-order valence-corrected chi connectivity index (χ3v) is 6.78. The molecule has 1 N–H and O–H groups in total. The highest BCUT2D eigenvalue weighted by molar-refractivity contribution is 5.71. The van der Waals surface area contributed by atoms with Crippen LogP contribution in [-0.2, 0) is 17.6 Å². The molecule has 4 aromatic rings. The number of pyridine rings is 2. The molecule has 3 heterocycles. The molecular weight excluding hydrogens is 561 g/mol. The number of ether oxygens (including phenoxy) is 2. The van der Waals surface area contributed by atoms with Crippen LogP contribution in [-0.4, -0.2) is 34.1 Å². The van der Waals surface area contributed by atoms with Gasteiger partial charge in [-0.15, -0.1) is 0 Å². The van der Waals surface area contributed by atoms with Gasteiger partial charge < -0.3 is 19.5 Å². The van der Waals surface area contributed by atoms with Crippen molar-refractivity contribution in [3.8, 4) is 28.6 Å². The zero-order valence-electron chi connectivity index (χ0n) is 21.9. The van der Waals surface area contributed by atoms with E-state index in [1.54, 1.807) is 42.5 Å². The van der Waals surface area contributed by atoms with Gasteiger partial charge in [0.15, 0.2) is 11.6 Å². The summed E-state index contributed by atoms with van der Waals surface area (Å²) in [5.41, 5.74) is 0.120. The molecular formula is C30H24F5N3O4. The molecule has 0 atom stereocenters. The van der Waals surface area contributed by atoms with Gasteiger partial charge >= 0.3 is 12.1 Å². The van der Waals surface area contributed by atoms with Crippen molar-refractivity contribution in [1.82, 2.24) is 9.97 Å². The van der Waals surface area contributed by atoms with Crippen molar-refractivity contribution in [1.29, 1.82) is 0 Å². The van der Waals surface area contributed by atoms with E-state index in [0.29, 0.717) is 55.3 Å². The predicted octanol–water partition coefficient (Wildman–Crippen LogP) is 7.11. The third kappa shape index (κ3) is 6.76. The second-order valence-corrected chi connectivity index (χ2v) is 9.66. The number of alkyl halides is 3. The predicted molar refractivity (Wildman–Crippen MR) is 142 cm³/mol. The molecule has 218 valence electrons. The van der Waals surface area contributed by atoms with E-state index in [0.717, 1.165) is 18.2 Å². The highest BCUT2D eigenvalue weighted by atomic mass is 19.4. The van der Waals surface area contributed by atoms with Crippen LogP contribution in [0.2, 0.25) is 0 Å². The molecule has 0 saturated carbocycles. The Balaban J connectivity index is 1.28. The average Bonchev–Trinajstić information content (AvgIpc) is 2.97. The summed E-state index contributed by atoms with van der Waals surface area (Å²) in [6, 6.07) is 15.3. The van der Waals surface area contributed by atoms with E-state index in [1.807, 2.05) is 4.90 Å².